The monoisotopic (exact) mass is 318 g/mol. The lowest BCUT2D eigenvalue weighted by Gasteiger charge is -2.06. The summed E-state index contributed by atoms with van der Waals surface area (Å²) in [6, 6.07) is 14.1. The Labute approximate surface area is 134 Å². The van der Waals surface area contributed by atoms with E-state index in [4.69, 9.17) is 5.11 Å². The normalized spacial score (nSPS) is 10.6. The summed E-state index contributed by atoms with van der Waals surface area (Å²) in [6.45, 7) is 3.91. The molecule has 0 unspecified atom stereocenters. The van der Waals surface area contributed by atoms with Crippen molar-refractivity contribution in [3.8, 4) is 0 Å². The zero-order valence-corrected chi connectivity index (χ0v) is 13.8. The number of carboxylic acids is 1. The molecule has 0 radical (unpaired) electrons. The SMILES string of the molecule is Cc1ccc(SCCSc2ccc(C)c(C(=O)O)c2)cc1. The van der Waals surface area contributed by atoms with Gasteiger partial charge >= 0.3 is 5.97 Å². The topological polar surface area (TPSA) is 37.3 Å². The van der Waals surface area contributed by atoms with E-state index in [9.17, 15) is 4.79 Å². The van der Waals surface area contributed by atoms with Crippen LogP contribution in [-0.4, -0.2) is 22.6 Å². The van der Waals surface area contributed by atoms with E-state index in [2.05, 4.69) is 31.2 Å². The van der Waals surface area contributed by atoms with Crippen molar-refractivity contribution >= 4 is 29.5 Å². The third-order valence-electron chi connectivity index (χ3n) is 3.08. The highest BCUT2D eigenvalue weighted by Crippen LogP contribution is 2.25. The maximum absolute atomic E-state index is 11.1. The molecule has 110 valence electrons. The summed E-state index contributed by atoms with van der Waals surface area (Å²) in [7, 11) is 0. The van der Waals surface area contributed by atoms with Crippen LogP contribution in [0.1, 0.15) is 21.5 Å². The molecule has 21 heavy (non-hydrogen) atoms. The number of benzene rings is 2. The number of thioether (sulfide) groups is 2. The van der Waals surface area contributed by atoms with Crippen LogP contribution in [0.4, 0.5) is 0 Å². The van der Waals surface area contributed by atoms with Crippen LogP contribution in [0.3, 0.4) is 0 Å². The van der Waals surface area contributed by atoms with Gasteiger partial charge in [-0.1, -0.05) is 23.8 Å². The fraction of sp³-hybridized carbons (Fsp3) is 0.235. The lowest BCUT2D eigenvalue weighted by molar-refractivity contribution is 0.0696. The number of carbonyl (C=O) groups is 1. The Morgan fingerprint density at radius 3 is 2.14 bits per heavy atom. The molecule has 0 aliphatic carbocycles. The summed E-state index contributed by atoms with van der Waals surface area (Å²) in [4.78, 5) is 13.4. The molecule has 4 heteroatoms. The quantitative estimate of drug-likeness (QED) is 0.608. The number of aryl methyl sites for hydroxylation is 2. The van der Waals surface area contributed by atoms with Crippen LogP contribution in [0.5, 0.6) is 0 Å². The van der Waals surface area contributed by atoms with E-state index in [1.54, 1.807) is 17.8 Å². The van der Waals surface area contributed by atoms with E-state index in [1.807, 2.05) is 30.8 Å². The average Bonchev–Trinajstić information content (AvgIpc) is 2.46. The minimum absolute atomic E-state index is 0.395. The highest BCUT2D eigenvalue weighted by atomic mass is 32.2. The van der Waals surface area contributed by atoms with Gasteiger partial charge in [-0.15, -0.1) is 23.5 Å². The zero-order chi connectivity index (χ0) is 15.2. The van der Waals surface area contributed by atoms with Crippen molar-refractivity contribution in [2.45, 2.75) is 23.6 Å². The summed E-state index contributed by atoms with van der Waals surface area (Å²) in [5.74, 6) is 1.11. The number of hydrogen-bond donors (Lipinski definition) is 1. The molecule has 0 atom stereocenters. The van der Waals surface area contributed by atoms with Crippen molar-refractivity contribution in [3.05, 3.63) is 59.2 Å². The zero-order valence-electron chi connectivity index (χ0n) is 12.1. The summed E-state index contributed by atoms with van der Waals surface area (Å²) >= 11 is 3.52. The number of carboxylic acid groups (broad SMARTS) is 1. The first-order valence-electron chi connectivity index (χ1n) is 6.72. The first-order valence-corrected chi connectivity index (χ1v) is 8.69. The fourth-order valence-corrected chi connectivity index (χ4v) is 3.71. The minimum atomic E-state index is -0.857. The van der Waals surface area contributed by atoms with Crippen LogP contribution in [0, 0.1) is 13.8 Å². The molecule has 0 bridgehead atoms. The summed E-state index contributed by atoms with van der Waals surface area (Å²) in [5, 5.41) is 9.12. The summed E-state index contributed by atoms with van der Waals surface area (Å²) < 4.78 is 0. The molecular formula is C17H18O2S2. The van der Waals surface area contributed by atoms with Gasteiger partial charge in [0.15, 0.2) is 0 Å². The largest absolute Gasteiger partial charge is 0.478 e. The predicted octanol–water partition coefficient (Wildman–Crippen LogP) is 4.89. The third kappa shape index (κ3) is 4.83. The highest BCUT2D eigenvalue weighted by Gasteiger charge is 2.07. The second kappa shape index (κ2) is 7.57. The van der Waals surface area contributed by atoms with E-state index in [-0.39, 0.29) is 0 Å². The molecule has 0 aliphatic heterocycles. The molecule has 0 aromatic heterocycles. The molecule has 2 rings (SSSR count). The summed E-state index contributed by atoms with van der Waals surface area (Å²) in [6.07, 6.45) is 0. The van der Waals surface area contributed by atoms with Crippen LogP contribution in [-0.2, 0) is 0 Å². The van der Waals surface area contributed by atoms with Gasteiger partial charge in [0.05, 0.1) is 5.56 Å². The van der Waals surface area contributed by atoms with Crippen molar-refractivity contribution in [2.24, 2.45) is 0 Å². The molecule has 0 amide bonds. The molecule has 0 fully saturated rings. The maximum atomic E-state index is 11.1. The van der Waals surface area contributed by atoms with Crippen LogP contribution in [0.15, 0.2) is 52.3 Å². The molecule has 0 saturated carbocycles. The van der Waals surface area contributed by atoms with Crippen molar-refractivity contribution in [2.75, 3.05) is 11.5 Å². The minimum Gasteiger partial charge on any atom is -0.478 e. The smallest absolute Gasteiger partial charge is 0.335 e. The lowest BCUT2D eigenvalue weighted by atomic mass is 10.1. The van der Waals surface area contributed by atoms with Crippen molar-refractivity contribution in [3.63, 3.8) is 0 Å². The molecule has 2 nitrogen and oxygen atoms in total. The second-order valence-electron chi connectivity index (χ2n) is 4.79. The molecule has 0 heterocycles. The first-order chi connectivity index (χ1) is 10.1. The van der Waals surface area contributed by atoms with Gasteiger partial charge in [0.1, 0.15) is 0 Å². The Kier molecular flexibility index (Phi) is 5.76. The van der Waals surface area contributed by atoms with Crippen LogP contribution < -0.4 is 0 Å². The number of hydrogen-bond acceptors (Lipinski definition) is 3. The van der Waals surface area contributed by atoms with E-state index < -0.39 is 5.97 Å². The number of aromatic carboxylic acids is 1. The van der Waals surface area contributed by atoms with Gasteiger partial charge in [-0.3, -0.25) is 0 Å². The highest BCUT2D eigenvalue weighted by molar-refractivity contribution is 8.03. The Hall–Kier alpha value is -1.39. The van der Waals surface area contributed by atoms with Gasteiger partial charge in [0.2, 0.25) is 0 Å². The molecule has 0 spiro atoms. The van der Waals surface area contributed by atoms with Crippen LogP contribution in [0.25, 0.3) is 0 Å². The second-order valence-corrected chi connectivity index (χ2v) is 7.13. The third-order valence-corrected chi connectivity index (χ3v) is 5.35. The van der Waals surface area contributed by atoms with Crippen molar-refractivity contribution < 1.29 is 9.90 Å². The van der Waals surface area contributed by atoms with Gasteiger partial charge in [-0.05, 0) is 43.7 Å². The first kappa shape index (κ1) is 16.0. The Morgan fingerprint density at radius 1 is 0.952 bits per heavy atom. The van der Waals surface area contributed by atoms with Crippen molar-refractivity contribution in [1.29, 1.82) is 0 Å². The van der Waals surface area contributed by atoms with Crippen LogP contribution >= 0.6 is 23.5 Å². The lowest BCUT2D eigenvalue weighted by Crippen LogP contribution is -1.99. The van der Waals surface area contributed by atoms with E-state index in [1.165, 1.54) is 10.5 Å². The molecule has 2 aromatic carbocycles. The van der Waals surface area contributed by atoms with Gasteiger partial charge in [-0.25, -0.2) is 4.79 Å². The molecule has 0 aliphatic rings. The Bertz CT molecular complexity index is 621. The van der Waals surface area contributed by atoms with Gasteiger partial charge in [0, 0.05) is 21.3 Å². The molecule has 1 N–H and O–H groups in total. The van der Waals surface area contributed by atoms with Crippen molar-refractivity contribution in [1.82, 2.24) is 0 Å². The summed E-state index contributed by atoms with van der Waals surface area (Å²) in [5.41, 5.74) is 2.47. The average molecular weight is 318 g/mol. The van der Waals surface area contributed by atoms with E-state index >= 15 is 0 Å². The van der Waals surface area contributed by atoms with Gasteiger partial charge in [0.25, 0.3) is 0 Å². The van der Waals surface area contributed by atoms with Gasteiger partial charge < -0.3 is 5.11 Å². The van der Waals surface area contributed by atoms with E-state index in [0.717, 1.165) is 22.0 Å². The molecular weight excluding hydrogens is 300 g/mol. The Balaban J connectivity index is 1.85. The standard InChI is InChI=1S/C17H18O2S2/c1-12-3-6-14(7-4-12)20-9-10-21-15-8-5-13(2)16(11-15)17(18)19/h3-8,11H,9-10H2,1-2H3,(H,18,19). The molecule has 2 aromatic rings. The van der Waals surface area contributed by atoms with Gasteiger partial charge in [-0.2, -0.15) is 0 Å². The number of rotatable bonds is 6. The maximum Gasteiger partial charge on any atom is 0.335 e. The predicted molar refractivity (Wildman–Crippen MR) is 90.8 cm³/mol. The fourth-order valence-electron chi connectivity index (χ4n) is 1.87. The molecule has 0 saturated heterocycles. The van der Waals surface area contributed by atoms with E-state index in [0.29, 0.717) is 5.56 Å². The van der Waals surface area contributed by atoms with Crippen LogP contribution in [0.2, 0.25) is 0 Å². The Morgan fingerprint density at radius 2 is 1.52 bits per heavy atom.